The first-order valence-electron chi connectivity index (χ1n) is 8.45. The quantitative estimate of drug-likeness (QED) is 0.776. The minimum atomic E-state index is -0.126. The molecule has 0 heterocycles. The number of hydrogen-bond donors (Lipinski definition) is 2. The van der Waals surface area contributed by atoms with E-state index in [1.807, 2.05) is 65.6 Å². The number of nitrogens with zero attached hydrogens (tertiary/aromatic N) is 1. The smallest absolute Gasteiger partial charge is 0.238 e. The van der Waals surface area contributed by atoms with Crippen LogP contribution >= 0.6 is 0 Å². The van der Waals surface area contributed by atoms with E-state index in [0.29, 0.717) is 12.5 Å². The maximum absolute atomic E-state index is 12.3. The molecule has 132 valence electrons. The Morgan fingerprint density at radius 2 is 1.20 bits per heavy atom. The van der Waals surface area contributed by atoms with Gasteiger partial charge in [-0.1, -0.05) is 50.2 Å². The van der Waals surface area contributed by atoms with Crippen molar-refractivity contribution in [2.24, 2.45) is 5.92 Å². The number of nitrogens with one attached hydrogen (secondary N) is 2. The molecule has 0 aliphatic carbocycles. The number of para-hydroxylation sites is 2. The molecular formula is C20H25N3O2. The highest BCUT2D eigenvalue weighted by atomic mass is 16.2. The van der Waals surface area contributed by atoms with Crippen molar-refractivity contribution in [3.05, 3.63) is 60.7 Å². The summed E-state index contributed by atoms with van der Waals surface area (Å²) in [4.78, 5) is 26.4. The summed E-state index contributed by atoms with van der Waals surface area (Å²) >= 11 is 0. The summed E-state index contributed by atoms with van der Waals surface area (Å²) in [6.45, 7) is 5.16. The van der Waals surface area contributed by atoms with Crippen LogP contribution in [0.5, 0.6) is 0 Å². The molecule has 0 fully saturated rings. The molecule has 0 saturated carbocycles. The summed E-state index contributed by atoms with van der Waals surface area (Å²) in [6, 6.07) is 18.6. The van der Waals surface area contributed by atoms with Crippen molar-refractivity contribution in [1.82, 2.24) is 4.90 Å². The predicted octanol–water partition coefficient (Wildman–Crippen LogP) is 3.22. The van der Waals surface area contributed by atoms with Gasteiger partial charge in [0, 0.05) is 17.9 Å². The van der Waals surface area contributed by atoms with Gasteiger partial charge >= 0.3 is 0 Å². The van der Waals surface area contributed by atoms with E-state index < -0.39 is 0 Å². The molecular weight excluding hydrogens is 314 g/mol. The van der Waals surface area contributed by atoms with Crippen LogP contribution in [0.1, 0.15) is 13.8 Å². The van der Waals surface area contributed by atoms with E-state index in [4.69, 9.17) is 0 Å². The van der Waals surface area contributed by atoms with Crippen LogP contribution in [0.25, 0.3) is 0 Å². The lowest BCUT2D eigenvalue weighted by Gasteiger charge is -2.23. The van der Waals surface area contributed by atoms with Crippen LogP contribution in [0.2, 0.25) is 0 Å². The van der Waals surface area contributed by atoms with Crippen molar-refractivity contribution in [2.45, 2.75) is 13.8 Å². The first-order valence-corrected chi connectivity index (χ1v) is 8.45. The minimum Gasteiger partial charge on any atom is -0.325 e. The lowest BCUT2D eigenvalue weighted by Crippen LogP contribution is -2.40. The lowest BCUT2D eigenvalue weighted by molar-refractivity contribution is -0.120. The van der Waals surface area contributed by atoms with Gasteiger partial charge in [0.15, 0.2) is 0 Å². The van der Waals surface area contributed by atoms with Crippen LogP contribution in [0.3, 0.4) is 0 Å². The molecule has 0 bridgehead atoms. The fourth-order valence-corrected chi connectivity index (χ4v) is 2.55. The normalized spacial score (nSPS) is 10.7. The molecule has 2 aromatic carbocycles. The Balaban J connectivity index is 1.91. The van der Waals surface area contributed by atoms with Crippen molar-refractivity contribution in [3.8, 4) is 0 Å². The van der Waals surface area contributed by atoms with Gasteiger partial charge < -0.3 is 10.6 Å². The van der Waals surface area contributed by atoms with Crippen LogP contribution in [-0.2, 0) is 9.59 Å². The van der Waals surface area contributed by atoms with E-state index in [1.165, 1.54) is 0 Å². The van der Waals surface area contributed by atoms with Crippen molar-refractivity contribution in [3.63, 3.8) is 0 Å². The second-order valence-corrected chi connectivity index (χ2v) is 6.39. The third-order valence-electron chi connectivity index (χ3n) is 3.47. The van der Waals surface area contributed by atoms with Crippen LogP contribution in [0.4, 0.5) is 11.4 Å². The Bertz CT molecular complexity index is 616. The van der Waals surface area contributed by atoms with E-state index in [9.17, 15) is 9.59 Å². The van der Waals surface area contributed by atoms with Gasteiger partial charge in [-0.15, -0.1) is 0 Å². The minimum absolute atomic E-state index is 0.126. The van der Waals surface area contributed by atoms with E-state index >= 15 is 0 Å². The molecule has 2 rings (SSSR count). The monoisotopic (exact) mass is 339 g/mol. The van der Waals surface area contributed by atoms with Gasteiger partial charge in [0.2, 0.25) is 11.8 Å². The molecule has 0 spiro atoms. The number of carbonyl (C=O) groups is 2. The van der Waals surface area contributed by atoms with Crippen LogP contribution in [-0.4, -0.2) is 36.3 Å². The summed E-state index contributed by atoms with van der Waals surface area (Å²) in [5.41, 5.74) is 1.51. The molecule has 25 heavy (non-hydrogen) atoms. The molecule has 0 atom stereocenters. The maximum atomic E-state index is 12.3. The molecule has 2 amide bonds. The van der Waals surface area contributed by atoms with Gasteiger partial charge in [0.25, 0.3) is 0 Å². The molecule has 0 aromatic heterocycles. The van der Waals surface area contributed by atoms with E-state index in [0.717, 1.165) is 11.4 Å². The predicted molar refractivity (Wildman–Crippen MR) is 101 cm³/mol. The third kappa shape index (κ3) is 7.18. The maximum Gasteiger partial charge on any atom is 0.238 e. The highest BCUT2D eigenvalue weighted by Gasteiger charge is 2.16. The molecule has 2 N–H and O–H groups in total. The molecule has 0 saturated heterocycles. The fraction of sp³-hybridized carbons (Fsp3) is 0.300. The van der Waals surface area contributed by atoms with Crippen molar-refractivity contribution in [2.75, 3.05) is 30.3 Å². The Labute approximate surface area is 149 Å². The van der Waals surface area contributed by atoms with Crippen molar-refractivity contribution in [1.29, 1.82) is 0 Å². The van der Waals surface area contributed by atoms with E-state index in [2.05, 4.69) is 24.5 Å². The van der Waals surface area contributed by atoms with Gasteiger partial charge in [-0.25, -0.2) is 0 Å². The average molecular weight is 339 g/mol. The SMILES string of the molecule is CC(C)CN(CC(=O)Nc1ccccc1)CC(=O)Nc1ccccc1. The van der Waals surface area contributed by atoms with Gasteiger partial charge in [-0.05, 0) is 30.2 Å². The Kier molecular flexibility index (Phi) is 7.16. The molecule has 0 radical (unpaired) electrons. The van der Waals surface area contributed by atoms with Crippen LogP contribution in [0, 0.1) is 5.92 Å². The summed E-state index contributed by atoms with van der Waals surface area (Å²) in [5, 5.41) is 5.71. The van der Waals surface area contributed by atoms with Crippen LogP contribution in [0.15, 0.2) is 60.7 Å². The largest absolute Gasteiger partial charge is 0.325 e. The number of amides is 2. The zero-order valence-corrected chi connectivity index (χ0v) is 14.7. The molecule has 5 heteroatoms. The third-order valence-corrected chi connectivity index (χ3v) is 3.47. The van der Waals surface area contributed by atoms with Gasteiger partial charge in [-0.3, -0.25) is 14.5 Å². The first-order chi connectivity index (χ1) is 12.0. The fourth-order valence-electron chi connectivity index (χ4n) is 2.55. The molecule has 0 unspecified atom stereocenters. The molecule has 0 aliphatic rings. The lowest BCUT2D eigenvalue weighted by atomic mass is 10.2. The number of hydrogen-bond acceptors (Lipinski definition) is 3. The number of rotatable bonds is 8. The summed E-state index contributed by atoms with van der Waals surface area (Å²) in [6.07, 6.45) is 0. The van der Waals surface area contributed by atoms with Crippen LogP contribution < -0.4 is 10.6 Å². The Morgan fingerprint density at radius 3 is 1.56 bits per heavy atom. The zero-order valence-electron chi connectivity index (χ0n) is 14.7. The second kappa shape index (κ2) is 9.59. The molecule has 2 aromatic rings. The van der Waals surface area contributed by atoms with Crippen molar-refractivity contribution < 1.29 is 9.59 Å². The summed E-state index contributed by atoms with van der Waals surface area (Å²) in [7, 11) is 0. The van der Waals surface area contributed by atoms with E-state index in [1.54, 1.807) is 0 Å². The number of anilines is 2. The van der Waals surface area contributed by atoms with Gasteiger partial charge in [0.05, 0.1) is 13.1 Å². The standard InChI is InChI=1S/C20H25N3O2/c1-16(2)13-23(14-19(24)21-17-9-5-3-6-10-17)15-20(25)22-18-11-7-4-8-12-18/h3-12,16H,13-15H2,1-2H3,(H,21,24)(H,22,25). The zero-order chi connectivity index (χ0) is 18.1. The average Bonchev–Trinajstić information content (AvgIpc) is 2.55. The van der Waals surface area contributed by atoms with Gasteiger partial charge in [0.1, 0.15) is 0 Å². The molecule has 5 nitrogen and oxygen atoms in total. The summed E-state index contributed by atoms with van der Waals surface area (Å²) < 4.78 is 0. The van der Waals surface area contributed by atoms with Gasteiger partial charge in [-0.2, -0.15) is 0 Å². The highest BCUT2D eigenvalue weighted by molar-refractivity contribution is 5.94. The number of benzene rings is 2. The highest BCUT2D eigenvalue weighted by Crippen LogP contribution is 2.07. The van der Waals surface area contributed by atoms with E-state index in [-0.39, 0.29) is 24.9 Å². The summed E-state index contributed by atoms with van der Waals surface area (Å²) in [5.74, 6) is 0.104. The molecule has 0 aliphatic heterocycles. The van der Waals surface area contributed by atoms with Crippen molar-refractivity contribution >= 4 is 23.2 Å². The Morgan fingerprint density at radius 1 is 0.800 bits per heavy atom. The first kappa shape index (κ1) is 18.7. The number of carbonyl (C=O) groups excluding carboxylic acids is 2. The topological polar surface area (TPSA) is 61.4 Å². The second-order valence-electron chi connectivity index (χ2n) is 6.39. The Hall–Kier alpha value is -2.66.